The van der Waals surface area contributed by atoms with Crippen molar-refractivity contribution in [3.05, 3.63) is 0 Å². The Balaban J connectivity index is 2.81. The van der Waals surface area contributed by atoms with Gasteiger partial charge in [-0.15, -0.1) is 0 Å². The Bertz CT molecular complexity index is 203. The van der Waals surface area contributed by atoms with Crippen LogP contribution in [0.15, 0.2) is 0 Å². The van der Waals surface area contributed by atoms with E-state index in [4.69, 9.17) is 12.6 Å². The van der Waals surface area contributed by atoms with Gasteiger partial charge in [0.25, 0.3) is 0 Å². The maximum Gasteiger partial charge on any atom is 0.0428 e. The summed E-state index contributed by atoms with van der Waals surface area (Å²) in [5.74, 6) is 0. The molecule has 0 bridgehead atoms. The Morgan fingerprint density at radius 2 is 2.89 bits per heavy atom. The van der Waals surface area contributed by atoms with Crippen LogP contribution in [0.5, 0.6) is 0 Å². The molecule has 2 heteroatoms. The molecule has 1 rings (SSSR count). The van der Waals surface area contributed by atoms with E-state index in [0.717, 1.165) is 12.8 Å². The molecule has 0 aromatic rings. The van der Waals surface area contributed by atoms with Gasteiger partial charge < -0.3 is 5.73 Å². The lowest BCUT2D eigenvalue weighted by Crippen LogP contribution is -2.34. The summed E-state index contributed by atoms with van der Waals surface area (Å²) >= 11 is 0. The number of nitrogens with zero attached hydrogens (tertiary/aromatic N) is 1. The molecule has 1 heterocycles. The van der Waals surface area contributed by atoms with Crippen LogP contribution >= 0.6 is 0 Å². The van der Waals surface area contributed by atoms with Crippen molar-refractivity contribution in [1.82, 2.24) is 4.90 Å². The number of likely N-dealkylation sites (tertiary alicyclic amines) is 1. The van der Waals surface area contributed by atoms with Crippen molar-refractivity contribution in [2.24, 2.45) is 5.73 Å². The number of nitrogens with two attached hydrogens (primary N) is 1. The molecule has 1 saturated heterocycles. The zero-order valence-electron chi connectivity index (χ0n) is 10.4. The first-order valence-corrected chi connectivity index (χ1v) is 3.27. The van der Waals surface area contributed by atoms with E-state index in [1.165, 1.54) is 4.90 Å². The monoisotopic (exact) mass is 133 g/mol. The molecule has 0 radical (unpaired) electrons. The van der Waals surface area contributed by atoms with Gasteiger partial charge in [-0.2, -0.15) is 0 Å². The highest BCUT2D eigenvalue weighted by molar-refractivity contribution is 4.78. The van der Waals surface area contributed by atoms with Crippen molar-refractivity contribution >= 4 is 0 Å². The molecular formula is C7H16N2. The molecule has 0 unspecified atom stereocenters. The minimum Gasteiger partial charge on any atom is -0.329 e. The maximum atomic E-state index is 7.58. The van der Waals surface area contributed by atoms with Gasteiger partial charge in [-0.05, 0) is 25.9 Å². The Labute approximate surface area is 64.0 Å². The lowest BCUT2D eigenvalue weighted by molar-refractivity contribution is 0.272. The zero-order chi connectivity index (χ0) is 11.0. The Hall–Kier alpha value is -0.0800. The molecule has 1 aliphatic heterocycles. The zero-order valence-corrected chi connectivity index (χ0v) is 5.43. The Morgan fingerprint density at radius 3 is 3.56 bits per heavy atom. The molecule has 2 N–H and O–H groups in total. The van der Waals surface area contributed by atoms with E-state index in [2.05, 4.69) is 0 Å². The van der Waals surface area contributed by atoms with E-state index in [1.54, 1.807) is 0 Å². The first kappa shape index (κ1) is 2.89. The molecule has 0 aromatic heterocycles. The van der Waals surface area contributed by atoms with Gasteiger partial charge in [-0.3, -0.25) is 4.90 Å². The first-order valence-electron chi connectivity index (χ1n) is 5.77. The molecule has 1 aliphatic rings. The van der Waals surface area contributed by atoms with Crippen LogP contribution in [0.1, 0.15) is 26.5 Å². The summed E-state index contributed by atoms with van der Waals surface area (Å²) in [4.78, 5) is 1.38. The first-order chi connectivity index (χ1) is 6.30. The second kappa shape index (κ2) is 3.18. The Kier molecular flexibility index (Phi) is 1.02. The fourth-order valence-corrected chi connectivity index (χ4v) is 1.23. The topological polar surface area (TPSA) is 29.3 Å². The lowest BCUT2D eigenvalue weighted by Gasteiger charge is -2.20. The van der Waals surface area contributed by atoms with E-state index in [1.807, 2.05) is 0 Å². The number of rotatable bonds is 2. The van der Waals surface area contributed by atoms with Gasteiger partial charge in [0.05, 0.1) is 0 Å². The van der Waals surface area contributed by atoms with Gasteiger partial charge >= 0.3 is 0 Å². The maximum absolute atomic E-state index is 7.58. The standard InChI is InChI=1S/C7H16N2/c1-2-9-5-3-4-7(9)6-8/h7H,2-6,8H2,1H3/t7-/m0/s1/i1D3,2D2. The van der Waals surface area contributed by atoms with E-state index in [0.29, 0.717) is 13.1 Å². The smallest absolute Gasteiger partial charge is 0.0428 e. The largest absolute Gasteiger partial charge is 0.329 e. The molecule has 0 amide bonds. The van der Waals surface area contributed by atoms with Gasteiger partial charge in [0.15, 0.2) is 0 Å². The van der Waals surface area contributed by atoms with Crippen molar-refractivity contribution in [2.75, 3.05) is 19.6 Å². The van der Waals surface area contributed by atoms with Crippen LogP contribution in [0.2, 0.25) is 0 Å². The van der Waals surface area contributed by atoms with Crippen molar-refractivity contribution in [3.8, 4) is 0 Å². The van der Waals surface area contributed by atoms with Crippen LogP contribution in [0.3, 0.4) is 0 Å². The van der Waals surface area contributed by atoms with Crippen LogP contribution in [-0.4, -0.2) is 30.5 Å². The van der Waals surface area contributed by atoms with Gasteiger partial charge in [-0.1, -0.05) is 6.85 Å². The van der Waals surface area contributed by atoms with Crippen molar-refractivity contribution in [1.29, 1.82) is 0 Å². The van der Waals surface area contributed by atoms with Crippen LogP contribution in [0, 0.1) is 0 Å². The van der Waals surface area contributed by atoms with Crippen molar-refractivity contribution < 1.29 is 6.85 Å². The van der Waals surface area contributed by atoms with Crippen LogP contribution in [0.4, 0.5) is 0 Å². The third-order valence-electron chi connectivity index (χ3n) is 1.79. The highest BCUT2D eigenvalue weighted by Crippen LogP contribution is 2.14. The van der Waals surface area contributed by atoms with E-state index in [9.17, 15) is 0 Å². The third-order valence-corrected chi connectivity index (χ3v) is 1.79. The quantitative estimate of drug-likeness (QED) is 0.592. The highest BCUT2D eigenvalue weighted by atomic mass is 15.2. The molecule has 0 aliphatic carbocycles. The summed E-state index contributed by atoms with van der Waals surface area (Å²) < 4.78 is 36.6. The summed E-state index contributed by atoms with van der Waals surface area (Å²) in [6.45, 7) is -4.07. The molecule has 0 saturated carbocycles. The summed E-state index contributed by atoms with van der Waals surface area (Å²) in [6.07, 6.45) is 1.60. The normalized spacial score (nSPS) is 40.6. The molecule has 1 atom stereocenters. The fourth-order valence-electron chi connectivity index (χ4n) is 1.23. The van der Waals surface area contributed by atoms with Gasteiger partial charge in [0.1, 0.15) is 0 Å². The molecule has 0 aromatic carbocycles. The Morgan fingerprint density at radius 1 is 2.00 bits per heavy atom. The van der Waals surface area contributed by atoms with Gasteiger partial charge in [0, 0.05) is 19.4 Å². The minimum absolute atomic E-state index is 0.134. The predicted molar refractivity (Wildman–Crippen MR) is 39.3 cm³/mol. The predicted octanol–water partition coefficient (Wildman–Crippen LogP) is 0.429. The summed E-state index contributed by atoms with van der Waals surface area (Å²) in [5.41, 5.74) is 5.47. The molecule has 0 spiro atoms. The van der Waals surface area contributed by atoms with Gasteiger partial charge in [-0.25, -0.2) is 0 Å². The average Bonchev–Trinajstić information content (AvgIpc) is 2.49. The summed E-state index contributed by atoms with van der Waals surface area (Å²) in [7, 11) is 0. The van der Waals surface area contributed by atoms with Crippen molar-refractivity contribution in [3.63, 3.8) is 0 Å². The lowest BCUT2D eigenvalue weighted by atomic mass is 10.2. The molecular weight excluding hydrogens is 112 g/mol. The van der Waals surface area contributed by atoms with Crippen LogP contribution < -0.4 is 5.73 Å². The molecule has 1 fully saturated rings. The third kappa shape index (κ3) is 1.43. The molecule has 9 heavy (non-hydrogen) atoms. The molecule has 2 nitrogen and oxygen atoms in total. The SMILES string of the molecule is [2H]C([2H])([2H])C([2H])([2H])N1CCC[C@H]1CN. The molecule has 54 valence electrons. The average molecular weight is 133 g/mol. The summed E-state index contributed by atoms with van der Waals surface area (Å²) in [6, 6.07) is -0.134. The highest BCUT2D eigenvalue weighted by Gasteiger charge is 2.20. The van der Waals surface area contributed by atoms with Gasteiger partial charge in [0.2, 0.25) is 0 Å². The second-order valence-electron chi connectivity index (χ2n) is 2.34. The fraction of sp³-hybridized carbons (Fsp3) is 1.00. The number of hydrogen-bond acceptors (Lipinski definition) is 2. The van der Waals surface area contributed by atoms with E-state index >= 15 is 0 Å². The van der Waals surface area contributed by atoms with E-state index in [-0.39, 0.29) is 6.04 Å². The van der Waals surface area contributed by atoms with Crippen LogP contribution in [0.25, 0.3) is 0 Å². The number of likely N-dealkylation sites (N-methyl/N-ethyl adjacent to an activating group) is 1. The van der Waals surface area contributed by atoms with Crippen molar-refractivity contribution in [2.45, 2.75) is 25.7 Å². The second-order valence-corrected chi connectivity index (χ2v) is 2.34. The van der Waals surface area contributed by atoms with E-state index < -0.39 is 13.3 Å². The van der Waals surface area contributed by atoms with Crippen LogP contribution in [-0.2, 0) is 0 Å². The number of hydrogen-bond donors (Lipinski definition) is 1. The summed E-state index contributed by atoms with van der Waals surface area (Å²) in [5, 5.41) is 0. The minimum atomic E-state index is -2.61.